The summed E-state index contributed by atoms with van der Waals surface area (Å²) >= 11 is -1.13. The van der Waals surface area contributed by atoms with Gasteiger partial charge in [-0.15, -0.1) is 0 Å². The van der Waals surface area contributed by atoms with E-state index in [2.05, 4.69) is 131 Å². The molecule has 0 saturated heterocycles. The molecular formula is C38H30Cl2N2Zr. The van der Waals surface area contributed by atoms with Crippen molar-refractivity contribution in [3.05, 3.63) is 142 Å². The topological polar surface area (TPSA) is 9.86 Å². The molecule has 3 aliphatic rings. The molecule has 2 unspecified atom stereocenters. The number of nitrogens with zero attached hydrogens (tertiary/aromatic N) is 2. The van der Waals surface area contributed by atoms with E-state index in [0.717, 1.165) is 0 Å². The SMILES string of the molecule is Cc1cc2ccccc2n1C1=Cc2ccccc2[CH]1[Zr+2][CH]1C(n2c3c(c4ccccc42)CCC3)=Cc2ccccc21.[Cl-].[Cl-]. The number of hydrogen-bond donors (Lipinski definition) is 0. The van der Waals surface area contributed by atoms with Crippen molar-refractivity contribution in [2.75, 3.05) is 0 Å². The van der Waals surface area contributed by atoms with Crippen molar-refractivity contribution in [1.82, 2.24) is 9.13 Å². The molecule has 0 bridgehead atoms. The second-order valence-electron chi connectivity index (χ2n) is 11.7. The summed E-state index contributed by atoms with van der Waals surface area (Å²) in [6.45, 7) is 2.28. The molecule has 0 fully saturated rings. The van der Waals surface area contributed by atoms with E-state index in [0.29, 0.717) is 7.25 Å². The van der Waals surface area contributed by atoms with E-state index >= 15 is 0 Å². The van der Waals surface area contributed by atoms with E-state index in [1.807, 2.05) is 0 Å². The minimum absolute atomic E-state index is 0. The Morgan fingerprint density at radius 1 is 0.628 bits per heavy atom. The first-order valence-corrected chi connectivity index (χ1v) is 17.7. The summed E-state index contributed by atoms with van der Waals surface area (Å²) < 4.78 is 6.22. The fraction of sp³-hybridized carbons (Fsp3) is 0.158. The third-order valence-electron chi connectivity index (χ3n) is 9.49. The van der Waals surface area contributed by atoms with Gasteiger partial charge in [-0.3, -0.25) is 0 Å². The summed E-state index contributed by atoms with van der Waals surface area (Å²) in [6, 6.07) is 38.8. The minimum atomic E-state index is -1.13. The van der Waals surface area contributed by atoms with E-state index in [4.69, 9.17) is 0 Å². The van der Waals surface area contributed by atoms with Crippen molar-refractivity contribution in [2.24, 2.45) is 0 Å². The van der Waals surface area contributed by atoms with Gasteiger partial charge in [0.25, 0.3) is 0 Å². The molecule has 2 atom stereocenters. The van der Waals surface area contributed by atoms with Gasteiger partial charge in [0.2, 0.25) is 0 Å². The molecule has 210 valence electrons. The van der Waals surface area contributed by atoms with Crippen LogP contribution in [0.5, 0.6) is 0 Å². The zero-order valence-corrected chi connectivity index (χ0v) is 27.9. The quantitative estimate of drug-likeness (QED) is 0.272. The molecule has 6 aromatic rings. The van der Waals surface area contributed by atoms with Crippen LogP contribution in [0.2, 0.25) is 0 Å². The predicted octanol–water partition coefficient (Wildman–Crippen LogP) is 3.29. The van der Waals surface area contributed by atoms with Gasteiger partial charge in [-0.25, -0.2) is 0 Å². The Bertz CT molecular complexity index is 2100. The van der Waals surface area contributed by atoms with Gasteiger partial charge < -0.3 is 24.8 Å². The predicted molar refractivity (Wildman–Crippen MR) is 167 cm³/mol. The molecule has 2 nitrogen and oxygen atoms in total. The molecule has 0 N–H and O–H groups in total. The molecule has 3 aliphatic carbocycles. The second kappa shape index (κ2) is 11.1. The minimum Gasteiger partial charge on any atom is -1.00 e. The first-order chi connectivity index (χ1) is 20.3. The number of para-hydroxylation sites is 2. The van der Waals surface area contributed by atoms with Crippen molar-refractivity contribution in [3.8, 4) is 0 Å². The normalized spacial score (nSPS) is 17.9. The van der Waals surface area contributed by atoms with Crippen LogP contribution in [0, 0.1) is 6.92 Å². The Morgan fingerprint density at radius 2 is 1.21 bits per heavy atom. The van der Waals surface area contributed by atoms with Gasteiger partial charge in [-0.1, -0.05) is 0 Å². The summed E-state index contributed by atoms with van der Waals surface area (Å²) in [6.07, 6.45) is 8.68. The van der Waals surface area contributed by atoms with Crippen LogP contribution >= 0.6 is 0 Å². The van der Waals surface area contributed by atoms with E-state index in [1.54, 1.807) is 11.3 Å². The fourth-order valence-corrected chi connectivity index (χ4v) is 12.7. The average molecular weight is 677 g/mol. The molecule has 2 heterocycles. The Hall–Kier alpha value is -3.10. The van der Waals surface area contributed by atoms with Crippen LogP contribution in [0.15, 0.2) is 103 Å². The third-order valence-corrected chi connectivity index (χ3v) is 14.1. The van der Waals surface area contributed by atoms with Gasteiger partial charge in [0.1, 0.15) is 0 Å². The van der Waals surface area contributed by atoms with Gasteiger partial charge >= 0.3 is 253 Å². The van der Waals surface area contributed by atoms with E-state index in [9.17, 15) is 0 Å². The molecule has 43 heavy (non-hydrogen) atoms. The van der Waals surface area contributed by atoms with Crippen LogP contribution < -0.4 is 24.8 Å². The van der Waals surface area contributed by atoms with Crippen LogP contribution in [-0.2, 0) is 36.1 Å². The number of halogens is 2. The van der Waals surface area contributed by atoms with E-state index in [-0.39, 0.29) is 24.8 Å². The summed E-state index contributed by atoms with van der Waals surface area (Å²) in [5.74, 6) is 0. The number of rotatable bonds is 4. The fourth-order valence-electron chi connectivity index (χ4n) is 7.78. The van der Waals surface area contributed by atoms with Crippen LogP contribution in [0.4, 0.5) is 0 Å². The summed E-state index contributed by atoms with van der Waals surface area (Å²) in [7, 11) is 0. The third kappa shape index (κ3) is 4.31. The standard InChI is InChI=1S/C20H16N.C18H14N.2ClH.Zr/c1-2-7-15-13-16(12-14(15)6-1)21-19-10-4-3-8-17(19)18-9-5-11-20(18)21;1-13-10-16-8-4-5-9-18(16)19(13)17-11-14-6-2-3-7-15(14)12-17;;;/h1-4,6-8,10,12-13H,5,9,11H2;2-12H,1H3;2*1H;/q;;;;+2/p-2. The zero-order valence-electron chi connectivity index (χ0n) is 23.9. The van der Waals surface area contributed by atoms with Gasteiger partial charge in [-0.05, 0) is 0 Å². The zero-order chi connectivity index (χ0) is 27.1. The van der Waals surface area contributed by atoms with Gasteiger partial charge in [0.05, 0.1) is 0 Å². The molecule has 4 aromatic carbocycles. The smallest absolute Gasteiger partial charge is 1.00 e. The number of allylic oxidation sites excluding steroid dienone is 2. The maximum absolute atomic E-state index is 2.70. The molecule has 0 amide bonds. The van der Waals surface area contributed by atoms with Crippen molar-refractivity contribution in [3.63, 3.8) is 0 Å². The number of benzene rings is 4. The number of aromatic nitrogens is 2. The molecular weight excluding hydrogens is 647 g/mol. The Morgan fingerprint density at radius 3 is 1.93 bits per heavy atom. The molecule has 0 aliphatic heterocycles. The Balaban J connectivity index is 0.00000150. The number of aryl methyl sites for hydroxylation is 2. The second-order valence-corrected chi connectivity index (χ2v) is 15.4. The Kier molecular flexibility index (Phi) is 7.41. The monoisotopic (exact) mass is 674 g/mol. The summed E-state index contributed by atoms with van der Waals surface area (Å²) in [5, 5.41) is 2.79. The molecule has 5 heteroatoms. The first kappa shape index (κ1) is 28.7. The summed E-state index contributed by atoms with van der Waals surface area (Å²) in [4.78, 5) is 0. The van der Waals surface area contributed by atoms with Gasteiger partial charge in [0, 0.05) is 0 Å². The largest absolute Gasteiger partial charge is 1.00 e. The van der Waals surface area contributed by atoms with Crippen molar-refractivity contribution < 1.29 is 48.0 Å². The molecule has 2 aromatic heterocycles. The van der Waals surface area contributed by atoms with Crippen molar-refractivity contribution in [1.29, 1.82) is 0 Å². The Labute approximate surface area is 276 Å². The number of fused-ring (bicyclic) bond motifs is 6. The maximum Gasteiger partial charge on any atom is -1.00 e. The summed E-state index contributed by atoms with van der Waals surface area (Å²) in [5.41, 5.74) is 16.1. The van der Waals surface area contributed by atoms with Crippen LogP contribution in [0.1, 0.15) is 52.9 Å². The van der Waals surface area contributed by atoms with Gasteiger partial charge in [0.15, 0.2) is 0 Å². The number of hydrogen-bond acceptors (Lipinski definition) is 0. The molecule has 0 saturated carbocycles. The van der Waals surface area contributed by atoms with E-state index < -0.39 is 23.2 Å². The maximum atomic E-state index is 2.70. The molecule has 0 spiro atoms. The first-order valence-electron chi connectivity index (χ1n) is 14.8. The van der Waals surface area contributed by atoms with Crippen molar-refractivity contribution >= 4 is 45.4 Å². The van der Waals surface area contributed by atoms with E-state index in [1.165, 1.54) is 80.4 Å². The van der Waals surface area contributed by atoms with Crippen LogP contribution in [0.3, 0.4) is 0 Å². The van der Waals surface area contributed by atoms with Crippen LogP contribution in [0.25, 0.3) is 45.4 Å². The van der Waals surface area contributed by atoms with Crippen molar-refractivity contribution in [2.45, 2.75) is 33.4 Å². The molecule has 0 radical (unpaired) electrons. The average Bonchev–Trinajstić information content (AvgIpc) is 3.80. The van der Waals surface area contributed by atoms with Gasteiger partial charge in [-0.2, -0.15) is 0 Å². The van der Waals surface area contributed by atoms with Crippen LogP contribution in [-0.4, -0.2) is 9.13 Å². The molecule has 9 rings (SSSR count).